The van der Waals surface area contributed by atoms with Gasteiger partial charge < -0.3 is 15.0 Å². The highest BCUT2D eigenvalue weighted by atomic mass is 32.2. The van der Waals surface area contributed by atoms with Crippen molar-refractivity contribution >= 4 is 27.8 Å². The number of ether oxygens (including phenoxy) is 1. The minimum absolute atomic E-state index is 0.0238. The molecule has 172 valence electrons. The van der Waals surface area contributed by atoms with Crippen LogP contribution in [0, 0.1) is 0 Å². The third kappa shape index (κ3) is 7.03. The topological polar surface area (TPSA) is 113 Å². The third-order valence-corrected chi connectivity index (χ3v) is 6.76. The van der Waals surface area contributed by atoms with Crippen molar-refractivity contribution in [2.24, 2.45) is 0 Å². The number of sulfonamides is 1. The molecule has 0 aromatic heterocycles. The van der Waals surface area contributed by atoms with E-state index in [1.54, 1.807) is 6.92 Å². The van der Waals surface area contributed by atoms with Crippen LogP contribution in [0.4, 0.5) is 0 Å². The Morgan fingerprint density at radius 1 is 1.16 bits per heavy atom. The van der Waals surface area contributed by atoms with Crippen molar-refractivity contribution in [2.75, 3.05) is 32.8 Å². The largest absolute Gasteiger partial charge is 0.452 e. The lowest BCUT2D eigenvalue weighted by Gasteiger charge is -2.26. The Morgan fingerprint density at radius 3 is 2.45 bits per heavy atom. The number of hydrogen-bond acceptors (Lipinski definition) is 6. The van der Waals surface area contributed by atoms with E-state index in [1.165, 1.54) is 33.5 Å². The van der Waals surface area contributed by atoms with E-state index in [0.29, 0.717) is 13.1 Å². The van der Waals surface area contributed by atoms with Gasteiger partial charge in [0.2, 0.25) is 15.9 Å². The first-order valence-corrected chi connectivity index (χ1v) is 11.9. The van der Waals surface area contributed by atoms with Gasteiger partial charge in [0.15, 0.2) is 6.61 Å². The number of piperidine rings is 1. The van der Waals surface area contributed by atoms with Crippen LogP contribution >= 0.6 is 0 Å². The van der Waals surface area contributed by atoms with Crippen molar-refractivity contribution in [3.8, 4) is 0 Å². The van der Waals surface area contributed by atoms with Gasteiger partial charge in [-0.1, -0.05) is 12.5 Å². The van der Waals surface area contributed by atoms with Crippen molar-refractivity contribution < 1.29 is 27.5 Å². The fraction of sp³-hybridized carbons (Fsp3) is 0.571. The number of nitrogens with one attached hydrogen (secondary N) is 1. The molecule has 0 saturated carbocycles. The van der Waals surface area contributed by atoms with Crippen LogP contribution in [0.3, 0.4) is 0 Å². The average Bonchev–Trinajstić information content (AvgIpc) is 2.75. The van der Waals surface area contributed by atoms with Gasteiger partial charge in [-0.2, -0.15) is 4.31 Å². The molecule has 0 aliphatic carbocycles. The van der Waals surface area contributed by atoms with Crippen molar-refractivity contribution in [1.82, 2.24) is 14.5 Å². The summed E-state index contributed by atoms with van der Waals surface area (Å²) in [6, 6.07) is 5.58. The molecule has 9 nitrogen and oxygen atoms in total. The number of benzene rings is 1. The smallest absolute Gasteiger partial charge is 0.338 e. The van der Waals surface area contributed by atoms with E-state index < -0.39 is 28.5 Å². The molecule has 10 heteroatoms. The molecule has 1 aromatic carbocycles. The number of amides is 2. The first-order chi connectivity index (χ1) is 14.6. The summed E-state index contributed by atoms with van der Waals surface area (Å²) >= 11 is 0. The van der Waals surface area contributed by atoms with E-state index in [-0.39, 0.29) is 35.5 Å². The standard InChI is InChI=1S/C21H31N3O6S/c1-4-23(14-19(25)22-16(2)3)20(26)15-30-21(27)17-9-8-10-18(13-17)31(28,29)24-11-6-5-7-12-24/h8-10,13,16H,4-7,11-12,14-15H2,1-3H3,(H,22,25). The molecule has 1 aliphatic rings. The van der Waals surface area contributed by atoms with Crippen molar-refractivity contribution in [3.63, 3.8) is 0 Å². The van der Waals surface area contributed by atoms with E-state index in [2.05, 4.69) is 5.32 Å². The highest BCUT2D eigenvalue weighted by molar-refractivity contribution is 7.89. The fourth-order valence-electron chi connectivity index (χ4n) is 3.26. The molecule has 0 spiro atoms. The predicted octanol–water partition coefficient (Wildman–Crippen LogP) is 1.39. The molecule has 0 unspecified atom stereocenters. The summed E-state index contributed by atoms with van der Waals surface area (Å²) in [5.41, 5.74) is 0.0477. The maximum Gasteiger partial charge on any atom is 0.338 e. The van der Waals surface area contributed by atoms with Gasteiger partial charge in [0.25, 0.3) is 5.91 Å². The highest BCUT2D eigenvalue weighted by Gasteiger charge is 2.27. The monoisotopic (exact) mass is 453 g/mol. The summed E-state index contributed by atoms with van der Waals surface area (Å²) in [7, 11) is -3.68. The number of likely N-dealkylation sites (N-methyl/N-ethyl adjacent to an activating group) is 1. The zero-order chi connectivity index (χ0) is 23.0. The predicted molar refractivity (Wildman–Crippen MR) is 115 cm³/mol. The van der Waals surface area contributed by atoms with Crippen molar-refractivity contribution in [1.29, 1.82) is 0 Å². The second kappa shape index (κ2) is 11.2. The normalized spacial score (nSPS) is 14.8. The minimum Gasteiger partial charge on any atom is -0.452 e. The summed E-state index contributed by atoms with van der Waals surface area (Å²) in [6.07, 6.45) is 2.62. The van der Waals surface area contributed by atoms with Crippen LogP contribution in [0.1, 0.15) is 50.4 Å². The molecule has 1 aliphatic heterocycles. The second-order valence-corrected chi connectivity index (χ2v) is 9.64. The van der Waals surface area contributed by atoms with Gasteiger partial charge in [-0.05, 0) is 51.8 Å². The van der Waals surface area contributed by atoms with E-state index in [1.807, 2.05) is 13.8 Å². The van der Waals surface area contributed by atoms with E-state index in [4.69, 9.17) is 4.74 Å². The summed E-state index contributed by atoms with van der Waals surface area (Å²) in [4.78, 5) is 37.9. The summed E-state index contributed by atoms with van der Waals surface area (Å²) in [6.45, 7) is 5.89. The second-order valence-electron chi connectivity index (χ2n) is 7.70. The Bertz CT molecular complexity index is 894. The van der Waals surface area contributed by atoms with E-state index in [9.17, 15) is 22.8 Å². The van der Waals surface area contributed by atoms with Gasteiger partial charge in [0.05, 0.1) is 17.0 Å². The quantitative estimate of drug-likeness (QED) is 0.566. The zero-order valence-corrected chi connectivity index (χ0v) is 19.1. The Labute approximate surface area is 183 Å². The number of hydrogen-bond donors (Lipinski definition) is 1. The number of nitrogens with zero attached hydrogens (tertiary/aromatic N) is 2. The summed E-state index contributed by atoms with van der Waals surface area (Å²) < 4.78 is 32.1. The molecule has 0 radical (unpaired) electrons. The maximum atomic E-state index is 12.8. The number of rotatable bonds is 9. The third-order valence-electron chi connectivity index (χ3n) is 4.87. The van der Waals surface area contributed by atoms with Gasteiger partial charge in [0, 0.05) is 25.7 Å². The SMILES string of the molecule is CCN(CC(=O)NC(C)C)C(=O)COC(=O)c1cccc(S(=O)(=O)N2CCCCC2)c1. The molecule has 1 N–H and O–H groups in total. The molecule has 1 fully saturated rings. The van der Waals surface area contributed by atoms with Crippen LogP contribution in [-0.2, 0) is 24.3 Å². The zero-order valence-electron chi connectivity index (χ0n) is 18.3. The molecule has 0 atom stereocenters. The molecule has 1 heterocycles. The average molecular weight is 454 g/mol. The molecule has 0 bridgehead atoms. The Hall–Kier alpha value is -2.46. The molecular formula is C21H31N3O6S. The van der Waals surface area contributed by atoms with Crippen molar-refractivity contribution in [3.05, 3.63) is 29.8 Å². The van der Waals surface area contributed by atoms with E-state index >= 15 is 0 Å². The Morgan fingerprint density at radius 2 is 1.84 bits per heavy atom. The molecule has 31 heavy (non-hydrogen) atoms. The lowest BCUT2D eigenvalue weighted by molar-refractivity contribution is -0.138. The van der Waals surface area contributed by atoms with Gasteiger partial charge in [-0.15, -0.1) is 0 Å². The summed E-state index contributed by atoms with van der Waals surface area (Å²) in [5.74, 6) is -1.61. The lowest BCUT2D eigenvalue weighted by Crippen LogP contribution is -2.44. The van der Waals surface area contributed by atoms with Crippen LogP contribution in [0.15, 0.2) is 29.2 Å². The first-order valence-electron chi connectivity index (χ1n) is 10.5. The number of esters is 1. The Balaban J connectivity index is 2.00. The fourth-order valence-corrected chi connectivity index (χ4v) is 4.82. The van der Waals surface area contributed by atoms with Crippen LogP contribution in [0.25, 0.3) is 0 Å². The van der Waals surface area contributed by atoms with Gasteiger partial charge >= 0.3 is 5.97 Å². The van der Waals surface area contributed by atoms with Crippen LogP contribution < -0.4 is 5.32 Å². The molecule has 1 aromatic rings. The minimum atomic E-state index is -3.68. The Kier molecular flexibility index (Phi) is 9.00. The highest BCUT2D eigenvalue weighted by Crippen LogP contribution is 2.21. The van der Waals surface area contributed by atoms with Crippen LogP contribution in [-0.4, -0.2) is 74.2 Å². The molecular weight excluding hydrogens is 422 g/mol. The first kappa shape index (κ1) is 24.8. The van der Waals surface area contributed by atoms with Crippen LogP contribution in [0.5, 0.6) is 0 Å². The molecule has 2 rings (SSSR count). The van der Waals surface area contributed by atoms with Crippen LogP contribution in [0.2, 0.25) is 0 Å². The van der Waals surface area contributed by atoms with Gasteiger partial charge in [0.1, 0.15) is 0 Å². The molecule has 1 saturated heterocycles. The van der Waals surface area contributed by atoms with Crippen molar-refractivity contribution in [2.45, 2.75) is 51.0 Å². The maximum absolute atomic E-state index is 12.8. The lowest BCUT2D eigenvalue weighted by atomic mass is 10.2. The molecule has 2 amide bonds. The van der Waals surface area contributed by atoms with Gasteiger partial charge in [-0.25, -0.2) is 13.2 Å². The van der Waals surface area contributed by atoms with Gasteiger partial charge in [-0.3, -0.25) is 9.59 Å². The van der Waals surface area contributed by atoms with E-state index in [0.717, 1.165) is 19.3 Å². The number of carbonyl (C=O) groups is 3. The summed E-state index contributed by atoms with van der Waals surface area (Å²) in [5, 5.41) is 2.70. The number of carbonyl (C=O) groups excluding carboxylic acids is 3.